The minimum atomic E-state index is -1.32. The number of imidazole rings is 1. The molecular formula is C20H18ClFN6O4. The van der Waals surface area contributed by atoms with Gasteiger partial charge in [-0.05, 0) is 30.2 Å². The van der Waals surface area contributed by atoms with Gasteiger partial charge in [-0.25, -0.2) is 9.37 Å². The Morgan fingerprint density at radius 3 is 2.78 bits per heavy atom. The van der Waals surface area contributed by atoms with Crippen LogP contribution in [-0.2, 0) is 11.2 Å². The average Bonchev–Trinajstić information content (AvgIpc) is 3.48. The van der Waals surface area contributed by atoms with Crippen LogP contribution in [0.2, 0.25) is 5.28 Å². The standard InChI is InChI=1S/C20H18ClFN6O4/c1-2-9-7-12(32-27-9)16-14(29)15(30)19(31-16)28-8-23-13-17(25-20(21)26-18(13)28)24-11-6-4-3-5-10(11)22/h3-8,14-16,19,29-30H,2H2,1H3,(H,24,25,26)/t14-,15+,16+,19+/m0/s1. The predicted molar refractivity (Wildman–Crippen MR) is 111 cm³/mol. The number of aliphatic hydroxyl groups excluding tert-OH is 2. The highest BCUT2D eigenvalue weighted by molar-refractivity contribution is 6.28. The number of aliphatic hydroxyl groups is 2. The van der Waals surface area contributed by atoms with E-state index in [2.05, 4.69) is 25.4 Å². The molecule has 5 rings (SSSR count). The summed E-state index contributed by atoms with van der Waals surface area (Å²) in [6.45, 7) is 1.92. The van der Waals surface area contributed by atoms with Crippen molar-refractivity contribution in [3.05, 3.63) is 59.2 Å². The van der Waals surface area contributed by atoms with Gasteiger partial charge >= 0.3 is 0 Å². The minimum absolute atomic E-state index is 0.120. The van der Waals surface area contributed by atoms with E-state index in [4.69, 9.17) is 20.9 Å². The van der Waals surface area contributed by atoms with E-state index in [1.165, 1.54) is 17.0 Å². The van der Waals surface area contributed by atoms with Crippen LogP contribution in [0, 0.1) is 5.82 Å². The summed E-state index contributed by atoms with van der Waals surface area (Å²) in [6, 6.07) is 7.75. The van der Waals surface area contributed by atoms with Crippen molar-refractivity contribution in [3.63, 3.8) is 0 Å². The zero-order chi connectivity index (χ0) is 22.4. The van der Waals surface area contributed by atoms with Crippen LogP contribution in [0.15, 0.2) is 41.2 Å². The molecule has 1 fully saturated rings. The Morgan fingerprint density at radius 1 is 1.22 bits per heavy atom. The maximum absolute atomic E-state index is 14.1. The number of nitrogens with one attached hydrogen (secondary N) is 1. The van der Waals surface area contributed by atoms with Crippen LogP contribution in [0.5, 0.6) is 0 Å². The van der Waals surface area contributed by atoms with Gasteiger partial charge in [0, 0.05) is 6.07 Å². The van der Waals surface area contributed by atoms with Crippen molar-refractivity contribution in [3.8, 4) is 0 Å². The molecule has 10 nitrogen and oxygen atoms in total. The largest absolute Gasteiger partial charge is 0.387 e. The number of nitrogens with zero attached hydrogens (tertiary/aromatic N) is 5. The first-order valence-electron chi connectivity index (χ1n) is 9.85. The molecule has 0 saturated carbocycles. The Morgan fingerprint density at radius 2 is 2.03 bits per heavy atom. The number of anilines is 2. The summed E-state index contributed by atoms with van der Waals surface area (Å²) in [4.78, 5) is 12.6. The van der Waals surface area contributed by atoms with Crippen molar-refractivity contribution in [2.45, 2.75) is 37.9 Å². The smallest absolute Gasteiger partial charge is 0.226 e. The molecule has 166 valence electrons. The Labute approximate surface area is 185 Å². The van der Waals surface area contributed by atoms with Crippen LogP contribution in [0.3, 0.4) is 0 Å². The lowest BCUT2D eigenvalue weighted by Crippen LogP contribution is -2.28. The number of fused-ring (bicyclic) bond motifs is 1. The van der Waals surface area contributed by atoms with Crippen LogP contribution in [-0.4, -0.2) is 47.1 Å². The second-order valence-electron chi connectivity index (χ2n) is 7.27. The molecule has 0 bridgehead atoms. The summed E-state index contributed by atoms with van der Waals surface area (Å²) >= 11 is 6.10. The number of rotatable bonds is 5. The van der Waals surface area contributed by atoms with Crippen LogP contribution in [0.25, 0.3) is 11.2 Å². The lowest BCUT2D eigenvalue weighted by atomic mass is 10.1. The summed E-state index contributed by atoms with van der Waals surface area (Å²) in [5.41, 5.74) is 1.39. The molecular weight excluding hydrogens is 443 g/mol. The molecule has 4 aromatic rings. The molecule has 1 aliphatic heterocycles. The molecule has 1 aromatic carbocycles. The van der Waals surface area contributed by atoms with E-state index in [9.17, 15) is 14.6 Å². The number of hydrogen-bond donors (Lipinski definition) is 3. The van der Waals surface area contributed by atoms with Crippen molar-refractivity contribution in [1.29, 1.82) is 0 Å². The molecule has 3 N–H and O–H groups in total. The van der Waals surface area contributed by atoms with Gasteiger partial charge in [0.2, 0.25) is 5.28 Å². The molecule has 0 radical (unpaired) electrons. The number of aryl methyl sites for hydroxylation is 1. The zero-order valence-corrected chi connectivity index (χ0v) is 17.4. The van der Waals surface area contributed by atoms with Gasteiger partial charge in [-0.1, -0.05) is 24.2 Å². The zero-order valence-electron chi connectivity index (χ0n) is 16.7. The molecule has 4 heterocycles. The lowest BCUT2D eigenvalue weighted by molar-refractivity contribution is -0.0434. The van der Waals surface area contributed by atoms with Crippen LogP contribution >= 0.6 is 11.6 Å². The highest BCUT2D eigenvalue weighted by Crippen LogP contribution is 2.40. The number of aromatic nitrogens is 5. The van der Waals surface area contributed by atoms with E-state index < -0.39 is 30.4 Å². The SMILES string of the molecule is CCc1cc([C@H]2O[C@@H](n3cnc4c(Nc5ccccc5F)nc(Cl)nc43)[C@H](O)[C@@H]2O)on1. The van der Waals surface area contributed by atoms with E-state index in [-0.39, 0.29) is 28.0 Å². The van der Waals surface area contributed by atoms with Crippen molar-refractivity contribution >= 4 is 34.3 Å². The lowest BCUT2D eigenvalue weighted by Gasteiger charge is -2.16. The Hall–Kier alpha value is -3.12. The van der Waals surface area contributed by atoms with Crippen LogP contribution < -0.4 is 5.32 Å². The maximum Gasteiger partial charge on any atom is 0.226 e. The topological polar surface area (TPSA) is 131 Å². The highest BCUT2D eigenvalue weighted by Gasteiger charge is 2.47. The molecule has 1 saturated heterocycles. The fraction of sp³-hybridized carbons (Fsp3) is 0.300. The second kappa shape index (κ2) is 8.10. The monoisotopic (exact) mass is 460 g/mol. The minimum Gasteiger partial charge on any atom is -0.387 e. The van der Waals surface area contributed by atoms with Gasteiger partial charge in [0.15, 0.2) is 29.0 Å². The van der Waals surface area contributed by atoms with E-state index in [0.717, 1.165) is 0 Å². The van der Waals surface area contributed by atoms with Crippen LogP contribution in [0.4, 0.5) is 15.9 Å². The molecule has 0 unspecified atom stereocenters. The fourth-order valence-electron chi connectivity index (χ4n) is 3.61. The maximum atomic E-state index is 14.1. The van der Waals surface area contributed by atoms with Crippen molar-refractivity contribution in [2.24, 2.45) is 0 Å². The van der Waals surface area contributed by atoms with Crippen molar-refractivity contribution in [1.82, 2.24) is 24.7 Å². The van der Waals surface area contributed by atoms with Crippen molar-refractivity contribution in [2.75, 3.05) is 5.32 Å². The summed E-state index contributed by atoms with van der Waals surface area (Å²) in [6.07, 6.45) is -2.54. The fourth-order valence-corrected chi connectivity index (χ4v) is 3.77. The highest BCUT2D eigenvalue weighted by atomic mass is 35.5. The van der Waals surface area contributed by atoms with E-state index in [1.54, 1.807) is 24.3 Å². The summed E-state index contributed by atoms with van der Waals surface area (Å²) in [5.74, 6) is -0.0000178. The Kier molecular flexibility index (Phi) is 5.25. The number of halogens is 2. The first kappa shape index (κ1) is 20.8. The number of benzene rings is 1. The van der Waals surface area contributed by atoms with Gasteiger partial charge < -0.3 is 24.8 Å². The van der Waals surface area contributed by atoms with E-state index in [0.29, 0.717) is 17.9 Å². The van der Waals surface area contributed by atoms with Gasteiger partial charge in [0.05, 0.1) is 17.7 Å². The predicted octanol–water partition coefficient (Wildman–Crippen LogP) is 2.90. The van der Waals surface area contributed by atoms with Gasteiger partial charge in [-0.3, -0.25) is 4.57 Å². The third kappa shape index (κ3) is 3.48. The number of para-hydroxylation sites is 1. The molecule has 0 amide bonds. The molecule has 4 atom stereocenters. The molecule has 3 aromatic heterocycles. The van der Waals surface area contributed by atoms with Crippen LogP contribution in [0.1, 0.15) is 30.7 Å². The van der Waals surface area contributed by atoms with Gasteiger partial charge in [0.1, 0.15) is 24.1 Å². The molecule has 1 aliphatic rings. The molecule has 12 heteroatoms. The molecule has 0 aliphatic carbocycles. The van der Waals surface area contributed by atoms with E-state index >= 15 is 0 Å². The summed E-state index contributed by atoms with van der Waals surface area (Å²) in [5, 5.41) is 27.9. The summed E-state index contributed by atoms with van der Waals surface area (Å²) in [7, 11) is 0. The first-order chi connectivity index (χ1) is 15.5. The normalized spacial score (nSPS) is 23.2. The third-order valence-corrected chi connectivity index (χ3v) is 5.42. The average molecular weight is 461 g/mol. The third-order valence-electron chi connectivity index (χ3n) is 5.25. The number of ether oxygens (including phenoxy) is 1. The first-order valence-corrected chi connectivity index (χ1v) is 10.2. The second-order valence-corrected chi connectivity index (χ2v) is 7.61. The molecule has 0 spiro atoms. The van der Waals surface area contributed by atoms with Crippen molar-refractivity contribution < 1.29 is 23.9 Å². The quantitative estimate of drug-likeness (QED) is 0.384. The Balaban J connectivity index is 1.51. The van der Waals surface area contributed by atoms with E-state index in [1.807, 2.05) is 6.92 Å². The molecule has 32 heavy (non-hydrogen) atoms. The van der Waals surface area contributed by atoms with Gasteiger partial charge in [0.25, 0.3) is 0 Å². The van der Waals surface area contributed by atoms with Gasteiger partial charge in [-0.15, -0.1) is 0 Å². The number of hydrogen-bond acceptors (Lipinski definition) is 9. The Bertz CT molecular complexity index is 1280. The summed E-state index contributed by atoms with van der Waals surface area (Å²) < 4.78 is 26.7. The van der Waals surface area contributed by atoms with Gasteiger partial charge in [-0.2, -0.15) is 9.97 Å².